The number of ketones is 2. The van der Waals surface area contributed by atoms with Gasteiger partial charge in [-0.2, -0.15) is 10.2 Å². The number of rotatable bonds is 5. The normalized spacial score (nSPS) is 10.6. The second kappa shape index (κ2) is 4.95. The summed E-state index contributed by atoms with van der Waals surface area (Å²) in [6, 6.07) is 3.28. The van der Waals surface area contributed by atoms with Crippen molar-refractivity contribution in [2.45, 2.75) is 26.7 Å². The van der Waals surface area contributed by atoms with Gasteiger partial charge in [0.15, 0.2) is 11.6 Å². The summed E-state index contributed by atoms with van der Waals surface area (Å²) < 4.78 is 0. The van der Waals surface area contributed by atoms with E-state index < -0.39 is 0 Å². The summed E-state index contributed by atoms with van der Waals surface area (Å²) in [5, 5.41) is 13.4. The fourth-order valence-electron chi connectivity index (χ4n) is 1.57. The number of nitrogens with zero attached hydrogens (tertiary/aromatic N) is 2. The van der Waals surface area contributed by atoms with Gasteiger partial charge in [-0.1, -0.05) is 13.8 Å². The minimum absolute atomic E-state index is 0.00542. The molecule has 0 spiro atoms. The molecule has 0 atom stereocenters. The van der Waals surface area contributed by atoms with Crippen molar-refractivity contribution in [2.75, 3.05) is 0 Å². The monoisotopic (exact) mass is 246 g/mol. The number of hydrogen-bond acceptors (Lipinski definition) is 4. The summed E-state index contributed by atoms with van der Waals surface area (Å²) in [4.78, 5) is 22.9. The molecule has 0 bridgehead atoms. The van der Waals surface area contributed by atoms with Crippen LogP contribution in [0.3, 0.4) is 0 Å². The Bertz CT molecular complexity index is 530. The molecule has 18 heavy (non-hydrogen) atoms. The van der Waals surface area contributed by atoms with E-state index in [1.165, 1.54) is 0 Å². The molecular weight excluding hydrogens is 232 g/mol. The highest BCUT2D eigenvalue weighted by atomic mass is 16.1. The second-order valence-corrected chi connectivity index (χ2v) is 3.89. The van der Waals surface area contributed by atoms with E-state index >= 15 is 0 Å². The van der Waals surface area contributed by atoms with Crippen LogP contribution >= 0.6 is 0 Å². The van der Waals surface area contributed by atoms with Crippen molar-refractivity contribution in [1.82, 2.24) is 20.4 Å². The summed E-state index contributed by atoms with van der Waals surface area (Å²) in [6.45, 7) is 3.57. The van der Waals surface area contributed by atoms with Crippen LogP contribution in [0.4, 0.5) is 0 Å². The van der Waals surface area contributed by atoms with E-state index in [0.717, 1.165) is 0 Å². The van der Waals surface area contributed by atoms with Crippen LogP contribution in [0.5, 0.6) is 0 Å². The van der Waals surface area contributed by atoms with E-state index in [2.05, 4.69) is 20.4 Å². The van der Waals surface area contributed by atoms with Gasteiger partial charge < -0.3 is 0 Å². The average Bonchev–Trinajstić information content (AvgIpc) is 3.04. The van der Waals surface area contributed by atoms with Crippen molar-refractivity contribution in [2.24, 2.45) is 0 Å². The molecule has 6 nitrogen and oxygen atoms in total. The first-order valence-electron chi connectivity index (χ1n) is 5.83. The van der Waals surface area contributed by atoms with Crippen LogP contribution in [0.1, 0.15) is 47.7 Å². The molecule has 0 aliphatic heterocycles. The Balaban J connectivity index is 2.26. The maximum atomic E-state index is 11.5. The Labute approximate surface area is 104 Å². The number of carbonyl (C=O) groups excluding carboxylic acids is 2. The van der Waals surface area contributed by atoms with Crippen LogP contribution < -0.4 is 0 Å². The van der Waals surface area contributed by atoms with Gasteiger partial charge in [0, 0.05) is 12.8 Å². The van der Waals surface area contributed by atoms with Crippen molar-refractivity contribution in [3.8, 4) is 11.4 Å². The first-order valence-corrected chi connectivity index (χ1v) is 5.83. The molecule has 0 aliphatic rings. The Morgan fingerprint density at radius 3 is 1.67 bits per heavy atom. The summed E-state index contributed by atoms with van der Waals surface area (Å²) in [5.41, 5.74) is 2.02. The van der Waals surface area contributed by atoms with Crippen LogP contribution in [0.15, 0.2) is 12.1 Å². The van der Waals surface area contributed by atoms with Gasteiger partial charge in [0.2, 0.25) is 0 Å². The predicted octanol–water partition coefficient (Wildman–Crippen LogP) is 1.99. The summed E-state index contributed by atoms with van der Waals surface area (Å²) >= 11 is 0. The van der Waals surface area contributed by atoms with Gasteiger partial charge in [0.05, 0.1) is 0 Å². The fraction of sp³-hybridized carbons (Fsp3) is 0.333. The molecule has 2 aromatic heterocycles. The van der Waals surface area contributed by atoms with Crippen LogP contribution in [0, 0.1) is 0 Å². The van der Waals surface area contributed by atoms with Gasteiger partial charge in [-0.05, 0) is 12.1 Å². The molecule has 0 unspecified atom stereocenters. The lowest BCUT2D eigenvalue weighted by atomic mass is 10.2. The lowest BCUT2D eigenvalue weighted by molar-refractivity contribution is 0.0975. The molecule has 0 fully saturated rings. The summed E-state index contributed by atoms with van der Waals surface area (Å²) in [6.07, 6.45) is 0.837. The molecule has 94 valence electrons. The van der Waals surface area contributed by atoms with Gasteiger partial charge in [0.1, 0.15) is 22.8 Å². The van der Waals surface area contributed by atoms with Crippen LogP contribution in [-0.4, -0.2) is 32.0 Å². The first kappa shape index (κ1) is 12.2. The van der Waals surface area contributed by atoms with E-state index in [4.69, 9.17) is 0 Å². The fourth-order valence-corrected chi connectivity index (χ4v) is 1.57. The molecule has 0 aromatic carbocycles. The number of hydrogen-bond donors (Lipinski definition) is 2. The van der Waals surface area contributed by atoms with Crippen LogP contribution in [0.25, 0.3) is 11.4 Å². The number of Topliss-reactive ketones (excluding diaryl/α,β-unsaturated/α-hetero) is 2. The molecule has 2 heterocycles. The third kappa shape index (κ3) is 2.22. The molecule has 0 saturated heterocycles. The van der Waals surface area contributed by atoms with Crippen molar-refractivity contribution < 1.29 is 9.59 Å². The molecular formula is C12H14N4O2. The first-order chi connectivity index (χ1) is 8.65. The smallest absolute Gasteiger partial charge is 0.180 e. The highest BCUT2D eigenvalue weighted by Gasteiger charge is 2.13. The van der Waals surface area contributed by atoms with Gasteiger partial charge in [-0.3, -0.25) is 19.8 Å². The zero-order chi connectivity index (χ0) is 13.1. The molecule has 0 saturated carbocycles. The van der Waals surface area contributed by atoms with Gasteiger partial charge >= 0.3 is 0 Å². The maximum Gasteiger partial charge on any atom is 0.180 e. The van der Waals surface area contributed by atoms with E-state index in [-0.39, 0.29) is 11.6 Å². The third-order valence-electron chi connectivity index (χ3n) is 2.66. The van der Waals surface area contributed by atoms with Crippen molar-refractivity contribution in [1.29, 1.82) is 0 Å². The molecule has 2 N–H and O–H groups in total. The Kier molecular flexibility index (Phi) is 3.36. The predicted molar refractivity (Wildman–Crippen MR) is 65.4 cm³/mol. The highest BCUT2D eigenvalue weighted by Crippen LogP contribution is 2.17. The molecule has 0 aliphatic carbocycles. The average molecular weight is 246 g/mol. The lowest BCUT2D eigenvalue weighted by Gasteiger charge is -1.88. The molecule has 6 heteroatoms. The number of carbonyl (C=O) groups is 2. The van der Waals surface area contributed by atoms with Crippen molar-refractivity contribution >= 4 is 11.6 Å². The number of H-pyrrole nitrogens is 2. The van der Waals surface area contributed by atoms with Crippen molar-refractivity contribution in [3.63, 3.8) is 0 Å². The Hall–Kier alpha value is -2.24. The summed E-state index contributed by atoms with van der Waals surface area (Å²) in [5.74, 6) is -0.0108. The van der Waals surface area contributed by atoms with Crippen molar-refractivity contribution in [3.05, 3.63) is 23.5 Å². The van der Waals surface area contributed by atoms with Gasteiger partial charge in [-0.15, -0.1) is 0 Å². The Morgan fingerprint density at radius 1 is 0.944 bits per heavy atom. The van der Waals surface area contributed by atoms with Gasteiger partial charge in [0.25, 0.3) is 0 Å². The van der Waals surface area contributed by atoms with Gasteiger partial charge in [-0.25, -0.2) is 0 Å². The quantitative estimate of drug-likeness (QED) is 0.789. The maximum absolute atomic E-state index is 11.5. The SMILES string of the molecule is CCC(=O)c1cc(-c2cc(C(=O)CC)[nH]n2)n[nH]1. The van der Waals surface area contributed by atoms with E-state index in [0.29, 0.717) is 35.6 Å². The number of aromatic nitrogens is 4. The van der Waals surface area contributed by atoms with Crippen LogP contribution in [-0.2, 0) is 0 Å². The molecule has 0 radical (unpaired) electrons. The zero-order valence-corrected chi connectivity index (χ0v) is 10.3. The highest BCUT2D eigenvalue weighted by molar-refractivity contribution is 5.96. The molecule has 2 aromatic rings. The number of nitrogens with one attached hydrogen (secondary N) is 2. The molecule has 2 rings (SSSR count). The summed E-state index contributed by atoms with van der Waals surface area (Å²) in [7, 11) is 0. The molecule has 0 amide bonds. The van der Waals surface area contributed by atoms with E-state index in [9.17, 15) is 9.59 Å². The largest absolute Gasteiger partial charge is 0.292 e. The van der Waals surface area contributed by atoms with E-state index in [1.54, 1.807) is 26.0 Å². The second-order valence-electron chi connectivity index (χ2n) is 3.89. The number of aromatic amines is 2. The van der Waals surface area contributed by atoms with Crippen LogP contribution in [0.2, 0.25) is 0 Å². The topological polar surface area (TPSA) is 91.5 Å². The standard InChI is InChI=1S/C12H14N4O2/c1-3-11(17)9-5-7(13-15-9)8-6-10(16-14-8)12(18)4-2/h5-6H,3-4H2,1-2H3,(H,13,15)(H,14,16). The minimum Gasteiger partial charge on any atom is -0.292 e. The zero-order valence-electron chi connectivity index (χ0n) is 10.3. The Morgan fingerprint density at radius 2 is 1.33 bits per heavy atom. The van der Waals surface area contributed by atoms with E-state index in [1.807, 2.05) is 0 Å². The third-order valence-corrected chi connectivity index (χ3v) is 2.66. The lowest BCUT2D eigenvalue weighted by Crippen LogP contribution is -1.95. The minimum atomic E-state index is -0.00542.